The number of hydrogen-bond donors (Lipinski definition) is 4. The number of carbonyl (C=O) groups is 4. The summed E-state index contributed by atoms with van der Waals surface area (Å²) in [5.74, 6) is -1.11. The van der Waals surface area contributed by atoms with E-state index in [1.807, 2.05) is 0 Å². The van der Waals surface area contributed by atoms with Gasteiger partial charge in [-0.2, -0.15) is 0 Å². The van der Waals surface area contributed by atoms with Gasteiger partial charge < -0.3 is 20.5 Å². The van der Waals surface area contributed by atoms with Crippen LogP contribution in [0.5, 0.6) is 0 Å². The number of hydrogen-bond acceptors (Lipinski definition) is 5. The first kappa shape index (κ1) is 33.3. The number of rotatable bonds is 17. The first-order valence-electron chi connectivity index (χ1n) is 14.6. The number of carboxylic acid groups (broad SMARTS) is 1. The first-order chi connectivity index (χ1) is 19.5. The molecular weight excluding hydrogens is 522 g/mol. The lowest BCUT2D eigenvalue weighted by Crippen LogP contribution is -2.27. The summed E-state index contributed by atoms with van der Waals surface area (Å²) in [6, 6.07) is 13.5. The highest BCUT2D eigenvalue weighted by Gasteiger charge is 2.18. The van der Waals surface area contributed by atoms with E-state index in [0.29, 0.717) is 29.0 Å². The quantitative estimate of drug-likeness (QED) is 0.143. The molecule has 41 heavy (non-hydrogen) atoms. The Balaban J connectivity index is 1.66. The van der Waals surface area contributed by atoms with Crippen LogP contribution in [0, 0.1) is 0 Å². The van der Waals surface area contributed by atoms with Crippen molar-refractivity contribution < 1.29 is 29.0 Å². The molecule has 0 unspecified atom stereocenters. The van der Waals surface area contributed by atoms with Crippen molar-refractivity contribution in [2.45, 2.75) is 103 Å². The Kier molecular flexibility index (Phi) is 14.4. The highest BCUT2D eigenvalue weighted by molar-refractivity contribution is 6.07. The van der Waals surface area contributed by atoms with E-state index in [2.05, 4.69) is 16.0 Å². The topological polar surface area (TPSA) is 134 Å². The van der Waals surface area contributed by atoms with Crippen LogP contribution in [0.25, 0.3) is 0 Å². The van der Waals surface area contributed by atoms with Crippen molar-refractivity contribution in [3.63, 3.8) is 0 Å². The molecule has 224 valence electrons. The predicted molar refractivity (Wildman–Crippen MR) is 162 cm³/mol. The van der Waals surface area contributed by atoms with E-state index >= 15 is 0 Å². The molecule has 2 rings (SSSR count). The van der Waals surface area contributed by atoms with Crippen molar-refractivity contribution in [3.05, 3.63) is 54.1 Å². The Morgan fingerprint density at radius 1 is 0.659 bits per heavy atom. The maximum atomic E-state index is 12.8. The second kappa shape index (κ2) is 17.7. The van der Waals surface area contributed by atoms with Crippen molar-refractivity contribution in [1.82, 2.24) is 0 Å². The lowest BCUT2D eigenvalue weighted by molar-refractivity contribution is -0.137. The molecule has 2 aromatic carbocycles. The largest absolute Gasteiger partial charge is 0.481 e. The second-order valence-electron chi connectivity index (χ2n) is 11.2. The molecule has 0 bridgehead atoms. The van der Waals surface area contributed by atoms with Crippen LogP contribution in [0.1, 0.15) is 108 Å². The lowest BCUT2D eigenvalue weighted by atomic mass is 10.1. The zero-order valence-corrected chi connectivity index (χ0v) is 24.6. The van der Waals surface area contributed by atoms with Gasteiger partial charge >= 0.3 is 12.1 Å². The summed E-state index contributed by atoms with van der Waals surface area (Å²) in [7, 11) is 0. The third kappa shape index (κ3) is 14.9. The Hall–Kier alpha value is -3.88. The van der Waals surface area contributed by atoms with Crippen molar-refractivity contribution in [2.24, 2.45) is 0 Å². The molecular formula is C32H45N3O6. The molecule has 0 aliphatic heterocycles. The van der Waals surface area contributed by atoms with E-state index in [1.54, 1.807) is 69.3 Å². The molecule has 0 saturated heterocycles. The summed E-state index contributed by atoms with van der Waals surface area (Å²) >= 11 is 0. The minimum absolute atomic E-state index is 0.0503. The van der Waals surface area contributed by atoms with Gasteiger partial charge in [0.1, 0.15) is 5.60 Å². The molecule has 0 aromatic heterocycles. The summed E-state index contributed by atoms with van der Waals surface area (Å²) in [6.07, 6.45) is 10.6. The van der Waals surface area contributed by atoms with Gasteiger partial charge in [0, 0.05) is 24.1 Å². The summed E-state index contributed by atoms with van der Waals surface area (Å²) in [5.41, 5.74) is 1.25. The van der Waals surface area contributed by atoms with Gasteiger partial charge in [0.15, 0.2) is 0 Å². The molecule has 3 amide bonds. The lowest BCUT2D eigenvalue weighted by Gasteiger charge is -2.20. The number of unbranched alkanes of at least 4 members (excludes halogenated alkanes) is 9. The number of nitrogens with one attached hydrogen (secondary N) is 3. The molecule has 0 aliphatic rings. The number of para-hydroxylation sites is 2. The van der Waals surface area contributed by atoms with Crippen LogP contribution in [0.2, 0.25) is 0 Å². The van der Waals surface area contributed by atoms with Crippen LogP contribution in [-0.4, -0.2) is 34.6 Å². The van der Waals surface area contributed by atoms with Crippen LogP contribution >= 0.6 is 0 Å². The molecule has 4 N–H and O–H groups in total. The smallest absolute Gasteiger partial charge is 0.412 e. The maximum absolute atomic E-state index is 12.8. The average molecular weight is 568 g/mol. The predicted octanol–water partition coefficient (Wildman–Crippen LogP) is 7.99. The van der Waals surface area contributed by atoms with E-state index in [4.69, 9.17) is 9.84 Å². The summed E-state index contributed by atoms with van der Waals surface area (Å²) in [4.78, 5) is 47.8. The molecule has 0 atom stereocenters. The van der Waals surface area contributed by atoms with Crippen LogP contribution in [-0.2, 0) is 14.3 Å². The Morgan fingerprint density at radius 3 is 1.66 bits per heavy atom. The van der Waals surface area contributed by atoms with Crippen molar-refractivity contribution in [1.29, 1.82) is 0 Å². The number of carboxylic acids is 1. The Morgan fingerprint density at radius 2 is 1.15 bits per heavy atom. The van der Waals surface area contributed by atoms with E-state index < -0.39 is 17.7 Å². The monoisotopic (exact) mass is 567 g/mol. The summed E-state index contributed by atoms with van der Waals surface area (Å²) < 4.78 is 5.29. The SMILES string of the molecule is CC(C)(C)OC(=O)Nc1ccccc1NC(=O)c1ccc(NC(=O)CCCCCCCCCCCCC(=O)O)cc1. The van der Waals surface area contributed by atoms with Gasteiger partial charge in [-0.25, -0.2) is 4.79 Å². The normalized spacial score (nSPS) is 11.0. The molecule has 0 heterocycles. The van der Waals surface area contributed by atoms with Gasteiger partial charge in [0.25, 0.3) is 5.91 Å². The number of carbonyl (C=O) groups excluding carboxylic acids is 3. The van der Waals surface area contributed by atoms with Crippen molar-refractivity contribution in [2.75, 3.05) is 16.0 Å². The molecule has 2 aromatic rings. The molecule has 0 aliphatic carbocycles. The minimum Gasteiger partial charge on any atom is -0.481 e. The first-order valence-corrected chi connectivity index (χ1v) is 14.6. The molecule has 0 radical (unpaired) electrons. The van der Waals surface area contributed by atoms with Gasteiger partial charge in [-0.1, -0.05) is 63.5 Å². The average Bonchev–Trinajstić information content (AvgIpc) is 2.89. The summed E-state index contributed by atoms with van der Waals surface area (Å²) in [6.45, 7) is 5.32. The molecule has 9 heteroatoms. The van der Waals surface area contributed by atoms with E-state index in [9.17, 15) is 19.2 Å². The van der Waals surface area contributed by atoms with Crippen molar-refractivity contribution in [3.8, 4) is 0 Å². The highest BCUT2D eigenvalue weighted by atomic mass is 16.6. The molecule has 0 spiro atoms. The van der Waals surface area contributed by atoms with Crippen molar-refractivity contribution >= 4 is 40.9 Å². The molecule has 0 fully saturated rings. The van der Waals surface area contributed by atoms with Gasteiger partial charge in [-0.05, 0) is 70.0 Å². The zero-order valence-electron chi connectivity index (χ0n) is 24.6. The Bertz CT molecular complexity index is 1120. The number of amides is 3. The number of ether oxygens (including phenoxy) is 1. The third-order valence-corrected chi connectivity index (χ3v) is 6.29. The standard InChI is InChI=1S/C32H45N3O6/c1-32(2,3)41-31(40)35-27-17-15-14-16-26(27)34-30(39)24-20-22-25(23-21-24)33-28(36)18-12-10-8-6-4-5-7-9-11-13-19-29(37)38/h14-17,20-23H,4-13,18-19H2,1-3H3,(H,33,36)(H,34,39)(H,35,40)(H,37,38). The fraction of sp³-hybridized carbons (Fsp3) is 0.500. The van der Waals surface area contributed by atoms with Crippen LogP contribution < -0.4 is 16.0 Å². The Labute approximate surface area is 243 Å². The fourth-order valence-electron chi connectivity index (χ4n) is 4.21. The van der Waals surface area contributed by atoms with Crippen LogP contribution in [0.4, 0.5) is 21.9 Å². The van der Waals surface area contributed by atoms with E-state index in [0.717, 1.165) is 51.4 Å². The second-order valence-corrected chi connectivity index (χ2v) is 11.2. The highest BCUT2D eigenvalue weighted by Crippen LogP contribution is 2.23. The van der Waals surface area contributed by atoms with E-state index in [1.165, 1.54) is 12.8 Å². The minimum atomic E-state index is -0.716. The fourth-order valence-corrected chi connectivity index (χ4v) is 4.21. The van der Waals surface area contributed by atoms with Crippen LogP contribution in [0.15, 0.2) is 48.5 Å². The number of anilines is 3. The van der Waals surface area contributed by atoms with Crippen LogP contribution in [0.3, 0.4) is 0 Å². The third-order valence-electron chi connectivity index (χ3n) is 6.29. The summed E-state index contributed by atoms with van der Waals surface area (Å²) in [5, 5.41) is 17.0. The van der Waals surface area contributed by atoms with Gasteiger partial charge in [0.05, 0.1) is 11.4 Å². The number of aliphatic carboxylic acids is 1. The number of benzene rings is 2. The van der Waals surface area contributed by atoms with Gasteiger partial charge in [-0.15, -0.1) is 0 Å². The molecule has 9 nitrogen and oxygen atoms in total. The molecule has 0 saturated carbocycles. The van der Waals surface area contributed by atoms with Gasteiger partial charge in [0.2, 0.25) is 5.91 Å². The maximum Gasteiger partial charge on any atom is 0.412 e. The van der Waals surface area contributed by atoms with Gasteiger partial charge in [-0.3, -0.25) is 19.7 Å². The van der Waals surface area contributed by atoms with E-state index in [-0.39, 0.29) is 18.2 Å². The zero-order chi connectivity index (χ0) is 30.1.